The molecule has 0 bridgehead atoms. The predicted octanol–water partition coefficient (Wildman–Crippen LogP) is 3.05. The van der Waals surface area contributed by atoms with E-state index in [1.165, 1.54) is 17.5 Å². The van der Waals surface area contributed by atoms with E-state index >= 15 is 0 Å². The predicted molar refractivity (Wildman–Crippen MR) is 94.5 cm³/mol. The monoisotopic (exact) mass is 339 g/mol. The molecule has 2 aromatic heterocycles. The molecule has 24 heavy (non-hydrogen) atoms. The highest BCUT2D eigenvalue weighted by atomic mass is 32.1. The number of aromatic nitrogens is 2. The van der Waals surface area contributed by atoms with E-state index in [9.17, 15) is 9.59 Å². The van der Waals surface area contributed by atoms with Crippen LogP contribution in [0.25, 0.3) is 16.2 Å². The van der Waals surface area contributed by atoms with E-state index in [1.807, 2.05) is 35.7 Å². The Morgan fingerprint density at radius 1 is 1.08 bits per heavy atom. The summed E-state index contributed by atoms with van der Waals surface area (Å²) in [5.74, 6) is -0.202. The van der Waals surface area contributed by atoms with Crippen LogP contribution in [0.3, 0.4) is 0 Å². The molecule has 1 aliphatic rings. The molecule has 1 aliphatic heterocycles. The van der Waals surface area contributed by atoms with E-state index in [0.717, 1.165) is 43.6 Å². The zero-order valence-corrected chi connectivity index (χ0v) is 14.0. The lowest BCUT2D eigenvalue weighted by molar-refractivity contribution is 0.0722. The lowest BCUT2D eigenvalue weighted by Gasteiger charge is -2.26. The lowest BCUT2D eigenvalue weighted by atomic mass is 10.1. The van der Waals surface area contributed by atoms with E-state index in [4.69, 9.17) is 0 Å². The Balaban J connectivity index is 1.83. The Hall–Kier alpha value is -2.47. The number of amides is 1. The van der Waals surface area contributed by atoms with Crippen LogP contribution in [0.4, 0.5) is 0 Å². The molecule has 4 rings (SSSR count). The first kappa shape index (κ1) is 15.1. The van der Waals surface area contributed by atoms with E-state index < -0.39 is 0 Å². The van der Waals surface area contributed by atoms with Crippen molar-refractivity contribution in [2.75, 3.05) is 13.1 Å². The second-order valence-corrected chi connectivity index (χ2v) is 6.77. The summed E-state index contributed by atoms with van der Waals surface area (Å²) < 4.78 is 1.55. The summed E-state index contributed by atoms with van der Waals surface area (Å²) in [6, 6.07) is 9.70. The van der Waals surface area contributed by atoms with Gasteiger partial charge < -0.3 is 4.90 Å². The highest BCUT2D eigenvalue weighted by molar-refractivity contribution is 7.15. The second kappa shape index (κ2) is 6.20. The Morgan fingerprint density at radius 3 is 2.58 bits per heavy atom. The van der Waals surface area contributed by atoms with Crippen LogP contribution < -0.4 is 5.56 Å². The maximum absolute atomic E-state index is 12.9. The number of fused-ring (bicyclic) bond motifs is 1. The number of benzene rings is 1. The first-order chi connectivity index (χ1) is 11.8. The fraction of sp³-hybridized carbons (Fsp3) is 0.278. The number of nitrogens with zero attached hydrogens (tertiary/aromatic N) is 3. The van der Waals surface area contributed by atoms with Gasteiger partial charge in [-0.15, -0.1) is 11.3 Å². The molecule has 0 aliphatic carbocycles. The minimum absolute atomic E-state index is 0.157. The van der Waals surface area contributed by atoms with Crippen molar-refractivity contribution in [3.63, 3.8) is 0 Å². The molecule has 1 aromatic carbocycles. The largest absolute Gasteiger partial charge is 0.338 e. The van der Waals surface area contributed by atoms with Gasteiger partial charge >= 0.3 is 0 Å². The van der Waals surface area contributed by atoms with Crippen LogP contribution in [-0.2, 0) is 0 Å². The van der Waals surface area contributed by atoms with Crippen molar-refractivity contribution in [2.24, 2.45) is 0 Å². The average Bonchev–Trinajstić information content (AvgIpc) is 3.08. The molecular formula is C18H17N3O2S. The zero-order chi connectivity index (χ0) is 16.5. The normalized spacial score (nSPS) is 14.9. The number of thiazole rings is 1. The van der Waals surface area contributed by atoms with Crippen molar-refractivity contribution in [1.29, 1.82) is 0 Å². The van der Waals surface area contributed by atoms with Crippen molar-refractivity contribution in [2.45, 2.75) is 19.3 Å². The minimum atomic E-state index is -0.282. The molecule has 1 saturated heterocycles. The number of hydrogen-bond acceptors (Lipinski definition) is 4. The van der Waals surface area contributed by atoms with Crippen LogP contribution in [0.1, 0.15) is 29.6 Å². The van der Waals surface area contributed by atoms with Crippen molar-refractivity contribution in [3.05, 3.63) is 57.8 Å². The summed E-state index contributed by atoms with van der Waals surface area (Å²) in [6.07, 6.45) is 4.57. The molecule has 6 heteroatoms. The molecule has 0 atom stereocenters. The van der Waals surface area contributed by atoms with E-state index in [0.29, 0.717) is 4.96 Å². The summed E-state index contributed by atoms with van der Waals surface area (Å²) >= 11 is 1.41. The number of hydrogen-bond donors (Lipinski definition) is 0. The first-order valence-electron chi connectivity index (χ1n) is 8.09. The molecule has 122 valence electrons. The first-order valence-corrected chi connectivity index (χ1v) is 8.97. The third-order valence-electron chi connectivity index (χ3n) is 4.39. The summed E-state index contributed by atoms with van der Waals surface area (Å²) in [6.45, 7) is 1.44. The quantitative estimate of drug-likeness (QED) is 0.721. The van der Waals surface area contributed by atoms with Gasteiger partial charge in [0.15, 0.2) is 4.96 Å². The van der Waals surface area contributed by atoms with Crippen LogP contribution in [0, 0.1) is 0 Å². The maximum atomic E-state index is 12.9. The van der Waals surface area contributed by atoms with Gasteiger partial charge in [0.25, 0.3) is 11.5 Å². The lowest BCUT2D eigenvalue weighted by Crippen LogP contribution is -2.39. The second-order valence-electron chi connectivity index (χ2n) is 5.93. The molecule has 0 N–H and O–H groups in total. The average molecular weight is 339 g/mol. The smallest absolute Gasteiger partial charge is 0.271 e. The van der Waals surface area contributed by atoms with Crippen LogP contribution in [0.15, 0.2) is 46.7 Å². The number of likely N-dealkylation sites (tertiary alicyclic amines) is 1. The molecule has 5 nitrogen and oxygen atoms in total. The van der Waals surface area contributed by atoms with Crippen molar-refractivity contribution in [1.82, 2.24) is 14.3 Å². The molecule has 0 spiro atoms. The van der Waals surface area contributed by atoms with Crippen LogP contribution >= 0.6 is 11.3 Å². The van der Waals surface area contributed by atoms with Crippen LogP contribution in [0.5, 0.6) is 0 Å². The fourth-order valence-electron chi connectivity index (χ4n) is 3.12. The molecule has 3 heterocycles. The molecular weight excluding hydrogens is 322 g/mol. The van der Waals surface area contributed by atoms with Crippen LogP contribution in [0.2, 0.25) is 0 Å². The van der Waals surface area contributed by atoms with E-state index in [-0.39, 0.29) is 17.0 Å². The third-order valence-corrected chi connectivity index (χ3v) is 5.23. The molecule has 0 saturated carbocycles. The van der Waals surface area contributed by atoms with Gasteiger partial charge in [0, 0.05) is 24.7 Å². The van der Waals surface area contributed by atoms with Crippen molar-refractivity contribution < 1.29 is 4.79 Å². The third kappa shape index (κ3) is 2.53. The van der Waals surface area contributed by atoms with Gasteiger partial charge in [0.1, 0.15) is 5.56 Å². The Morgan fingerprint density at radius 2 is 1.83 bits per heavy atom. The fourth-order valence-corrected chi connectivity index (χ4v) is 3.98. The van der Waals surface area contributed by atoms with Gasteiger partial charge in [-0.25, -0.2) is 4.98 Å². The van der Waals surface area contributed by atoms with Gasteiger partial charge in [-0.2, -0.15) is 0 Å². The van der Waals surface area contributed by atoms with Gasteiger partial charge in [-0.3, -0.25) is 14.0 Å². The van der Waals surface area contributed by atoms with Crippen molar-refractivity contribution >= 4 is 22.2 Å². The Labute approximate surface area is 143 Å². The Bertz CT molecular complexity index is 940. The van der Waals surface area contributed by atoms with Gasteiger partial charge in [-0.1, -0.05) is 30.3 Å². The SMILES string of the molecule is O=C(c1cnc2scc(-c3ccccc3)n2c1=O)N1CCCCC1. The summed E-state index contributed by atoms with van der Waals surface area (Å²) in [4.78, 5) is 32.4. The molecule has 3 aromatic rings. The molecule has 1 amide bonds. The van der Waals surface area contributed by atoms with E-state index in [2.05, 4.69) is 4.98 Å². The zero-order valence-electron chi connectivity index (χ0n) is 13.1. The standard InChI is InChI=1S/C18H17N3O2S/c22-16(20-9-5-2-6-10-20)14-11-19-18-21(17(14)23)15(12-24-18)13-7-3-1-4-8-13/h1,3-4,7-8,11-12H,2,5-6,9-10H2. The topological polar surface area (TPSA) is 54.7 Å². The van der Waals surface area contributed by atoms with Gasteiger partial charge in [0.05, 0.1) is 5.69 Å². The summed E-state index contributed by atoms with van der Waals surface area (Å²) in [7, 11) is 0. The maximum Gasteiger partial charge on any atom is 0.271 e. The van der Waals surface area contributed by atoms with Crippen LogP contribution in [-0.4, -0.2) is 33.3 Å². The minimum Gasteiger partial charge on any atom is -0.338 e. The Kier molecular flexibility index (Phi) is 3.90. The van der Waals surface area contributed by atoms with Crippen molar-refractivity contribution in [3.8, 4) is 11.3 Å². The molecule has 0 radical (unpaired) electrons. The number of rotatable bonds is 2. The molecule has 0 unspecified atom stereocenters. The number of carbonyl (C=O) groups is 1. The summed E-state index contributed by atoms with van der Waals surface area (Å²) in [5.41, 5.74) is 1.59. The van der Waals surface area contributed by atoms with Gasteiger partial charge in [0.2, 0.25) is 0 Å². The van der Waals surface area contributed by atoms with Gasteiger partial charge in [-0.05, 0) is 24.8 Å². The molecule has 1 fully saturated rings. The van der Waals surface area contributed by atoms with E-state index in [1.54, 1.807) is 9.30 Å². The summed E-state index contributed by atoms with van der Waals surface area (Å²) in [5, 5.41) is 1.91. The highest BCUT2D eigenvalue weighted by Crippen LogP contribution is 2.23. The number of piperidine rings is 1. The number of carbonyl (C=O) groups excluding carboxylic acids is 1. The highest BCUT2D eigenvalue weighted by Gasteiger charge is 2.23.